The molecule has 8 aromatic carbocycles. The summed E-state index contributed by atoms with van der Waals surface area (Å²) in [5.74, 6) is 0.640. The van der Waals surface area contributed by atoms with Crippen molar-refractivity contribution in [3.05, 3.63) is 239 Å². The van der Waals surface area contributed by atoms with Gasteiger partial charge in [0.15, 0.2) is 5.82 Å². The SMILES string of the molecule is CC1(C)c2ccccc2C2(c3ccccc3-c3ccccc32)c2cc(-c3ccccc3-c3cc(-c4ccccc4)nc(-c4cccc(-c5cccc(C#N)c5)c4)n3)ccc21. The van der Waals surface area contributed by atoms with Gasteiger partial charge in [0.25, 0.3) is 0 Å². The molecule has 282 valence electrons. The van der Waals surface area contributed by atoms with E-state index in [0.717, 1.165) is 50.3 Å². The van der Waals surface area contributed by atoms with Gasteiger partial charge < -0.3 is 0 Å². The number of fused-ring (bicyclic) bond motifs is 9. The van der Waals surface area contributed by atoms with E-state index >= 15 is 0 Å². The van der Waals surface area contributed by atoms with E-state index in [-0.39, 0.29) is 5.41 Å². The van der Waals surface area contributed by atoms with Gasteiger partial charge in [0.2, 0.25) is 0 Å². The number of aromatic nitrogens is 2. The molecule has 0 amide bonds. The van der Waals surface area contributed by atoms with E-state index in [2.05, 4.69) is 184 Å². The molecule has 0 saturated heterocycles. The molecule has 0 N–H and O–H groups in total. The van der Waals surface area contributed by atoms with Gasteiger partial charge in [-0.2, -0.15) is 5.26 Å². The van der Waals surface area contributed by atoms with Gasteiger partial charge in [-0.3, -0.25) is 0 Å². The van der Waals surface area contributed by atoms with E-state index in [4.69, 9.17) is 9.97 Å². The summed E-state index contributed by atoms with van der Waals surface area (Å²) in [6.07, 6.45) is 0. The van der Waals surface area contributed by atoms with Crippen LogP contribution in [0.5, 0.6) is 0 Å². The minimum atomic E-state index is -0.486. The Hall–Kier alpha value is -7.67. The second-order valence-corrected chi connectivity index (χ2v) is 16.4. The van der Waals surface area contributed by atoms with Crippen molar-refractivity contribution in [2.45, 2.75) is 24.7 Å². The van der Waals surface area contributed by atoms with E-state index in [0.29, 0.717) is 11.4 Å². The molecule has 1 heterocycles. The molecule has 0 saturated carbocycles. The van der Waals surface area contributed by atoms with Crippen LogP contribution in [0.15, 0.2) is 200 Å². The van der Waals surface area contributed by atoms with Crippen LogP contribution in [-0.4, -0.2) is 9.97 Å². The maximum atomic E-state index is 9.61. The lowest BCUT2D eigenvalue weighted by atomic mass is 9.55. The van der Waals surface area contributed by atoms with Crippen LogP contribution in [0.1, 0.15) is 52.8 Å². The van der Waals surface area contributed by atoms with Crippen molar-refractivity contribution in [3.8, 4) is 73.4 Å². The first-order valence-electron chi connectivity index (χ1n) is 20.5. The Bertz CT molecular complexity index is 3160. The van der Waals surface area contributed by atoms with Crippen LogP contribution >= 0.6 is 0 Å². The number of hydrogen-bond acceptors (Lipinski definition) is 3. The third-order valence-corrected chi connectivity index (χ3v) is 12.8. The van der Waals surface area contributed by atoms with Crippen molar-refractivity contribution in [2.24, 2.45) is 0 Å². The lowest BCUT2D eigenvalue weighted by Crippen LogP contribution is -2.40. The topological polar surface area (TPSA) is 49.6 Å². The Labute approximate surface area is 351 Å². The third kappa shape index (κ3) is 5.35. The molecule has 0 fully saturated rings. The summed E-state index contributed by atoms with van der Waals surface area (Å²) < 4.78 is 0. The van der Waals surface area contributed by atoms with Gasteiger partial charge in [0.1, 0.15) is 0 Å². The molecule has 1 spiro atoms. The predicted molar refractivity (Wildman–Crippen MR) is 243 cm³/mol. The molecule has 0 atom stereocenters. The van der Waals surface area contributed by atoms with Crippen molar-refractivity contribution < 1.29 is 0 Å². The first-order chi connectivity index (χ1) is 29.4. The van der Waals surface area contributed by atoms with Crippen molar-refractivity contribution in [1.29, 1.82) is 5.26 Å². The molecular formula is C57H39N3. The summed E-state index contributed by atoms with van der Waals surface area (Å²) in [6.45, 7) is 4.75. The van der Waals surface area contributed by atoms with Gasteiger partial charge in [0, 0.05) is 22.1 Å². The first-order valence-corrected chi connectivity index (χ1v) is 20.5. The zero-order chi connectivity index (χ0) is 40.4. The van der Waals surface area contributed by atoms with Crippen LogP contribution in [0.4, 0.5) is 0 Å². The highest BCUT2D eigenvalue weighted by atomic mass is 14.9. The normalized spacial score (nSPS) is 13.8. The molecule has 0 radical (unpaired) electrons. The fourth-order valence-electron chi connectivity index (χ4n) is 10.1. The number of benzene rings is 8. The molecule has 0 aliphatic heterocycles. The monoisotopic (exact) mass is 765 g/mol. The van der Waals surface area contributed by atoms with Crippen LogP contribution < -0.4 is 0 Å². The number of hydrogen-bond donors (Lipinski definition) is 0. The second-order valence-electron chi connectivity index (χ2n) is 16.4. The highest BCUT2D eigenvalue weighted by Gasteiger charge is 2.53. The highest BCUT2D eigenvalue weighted by Crippen LogP contribution is 2.62. The van der Waals surface area contributed by atoms with Crippen LogP contribution in [0, 0.1) is 11.3 Å². The fourth-order valence-corrected chi connectivity index (χ4v) is 10.1. The van der Waals surface area contributed by atoms with E-state index < -0.39 is 5.41 Å². The molecule has 0 unspecified atom stereocenters. The Balaban J connectivity index is 1.13. The molecule has 3 heteroatoms. The smallest absolute Gasteiger partial charge is 0.160 e. The van der Waals surface area contributed by atoms with Crippen LogP contribution in [0.2, 0.25) is 0 Å². The summed E-state index contributed by atoms with van der Waals surface area (Å²) in [6, 6.07) is 73.7. The second kappa shape index (κ2) is 13.7. The largest absolute Gasteiger partial charge is 0.228 e. The van der Waals surface area contributed by atoms with E-state index in [1.54, 1.807) is 0 Å². The average molecular weight is 766 g/mol. The number of nitriles is 1. The summed E-state index contributed by atoms with van der Waals surface area (Å²) in [7, 11) is 0. The molecule has 60 heavy (non-hydrogen) atoms. The van der Waals surface area contributed by atoms with Gasteiger partial charge in [-0.25, -0.2) is 9.97 Å². The van der Waals surface area contributed by atoms with E-state index in [1.165, 1.54) is 44.5 Å². The maximum absolute atomic E-state index is 9.61. The minimum absolute atomic E-state index is 0.224. The zero-order valence-electron chi connectivity index (χ0n) is 33.4. The zero-order valence-corrected chi connectivity index (χ0v) is 33.4. The maximum Gasteiger partial charge on any atom is 0.160 e. The van der Waals surface area contributed by atoms with Crippen molar-refractivity contribution in [3.63, 3.8) is 0 Å². The Kier molecular flexibility index (Phi) is 8.12. The lowest BCUT2D eigenvalue weighted by Gasteiger charge is -2.47. The van der Waals surface area contributed by atoms with E-state index in [1.807, 2.05) is 36.4 Å². The Morgan fingerprint density at radius 2 is 0.900 bits per heavy atom. The molecule has 1 aromatic heterocycles. The van der Waals surface area contributed by atoms with Crippen molar-refractivity contribution in [2.75, 3.05) is 0 Å². The molecule has 9 aromatic rings. The Morgan fingerprint density at radius 3 is 1.62 bits per heavy atom. The average Bonchev–Trinajstić information content (AvgIpc) is 3.62. The van der Waals surface area contributed by atoms with Crippen LogP contribution in [0.3, 0.4) is 0 Å². The summed E-state index contributed by atoms with van der Waals surface area (Å²) in [5, 5.41) is 9.61. The van der Waals surface area contributed by atoms with E-state index in [9.17, 15) is 5.26 Å². The molecule has 2 aliphatic carbocycles. The third-order valence-electron chi connectivity index (χ3n) is 12.8. The molecule has 2 aliphatic rings. The molecular weight excluding hydrogens is 727 g/mol. The predicted octanol–water partition coefficient (Wildman–Crippen LogP) is 13.7. The minimum Gasteiger partial charge on any atom is -0.228 e. The highest BCUT2D eigenvalue weighted by molar-refractivity contribution is 5.91. The summed E-state index contributed by atoms with van der Waals surface area (Å²) in [5.41, 5.74) is 19.4. The lowest BCUT2D eigenvalue weighted by molar-refractivity contribution is 0.563. The van der Waals surface area contributed by atoms with Gasteiger partial charge >= 0.3 is 0 Å². The fraction of sp³-hybridized carbons (Fsp3) is 0.0702. The quantitative estimate of drug-likeness (QED) is 0.175. The van der Waals surface area contributed by atoms with Crippen molar-refractivity contribution in [1.82, 2.24) is 9.97 Å². The summed E-state index contributed by atoms with van der Waals surface area (Å²) in [4.78, 5) is 10.6. The van der Waals surface area contributed by atoms with Gasteiger partial charge in [-0.05, 0) is 97.1 Å². The van der Waals surface area contributed by atoms with Gasteiger partial charge in [-0.15, -0.1) is 0 Å². The van der Waals surface area contributed by atoms with Gasteiger partial charge in [0.05, 0.1) is 28.4 Å². The van der Waals surface area contributed by atoms with Crippen LogP contribution in [-0.2, 0) is 10.8 Å². The molecule has 0 bridgehead atoms. The number of nitrogens with zero attached hydrogens (tertiary/aromatic N) is 3. The Morgan fingerprint density at radius 1 is 0.367 bits per heavy atom. The van der Waals surface area contributed by atoms with Gasteiger partial charge in [-0.1, -0.05) is 184 Å². The first kappa shape index (κ1) is 35.5. The summed E-state index contributed by atoms with van der Waals surface area (Å²) >= 11 is 0. The number of rotatable bonds is 5. The van der Waals surface area contributed by atoms with Crippen LogP contribution in [0.25, 0.3) is 67.3 Å². The van der Waals surface area contributed by atoms with Crippen molar-refractivity contribution >= 4 is 0 Å². The molecule has 3 nitrogen and oxygen atoms in total. The standard InChI is InChI=1S/C57H39N3/c1-56(2)49-28-12-13-29-51(49)57(47-26-10-8-23-44(47)45-24-9-11-27-48(45)57)52-34-41(30-31-50(52)56)43-22-6-7-25-46(43)54-35-53(38-17-4-3-5-18-38)59-55(60-54)42-21-15-20-40(33-42)39-19-14-16-37(32-39)36-58/h3-35H,1-2H3. The molecule has 11 rings (SSSR count).